The van der Waals surface area contributed by atoms with Gasteiger partial charge in [0.1, 0.15) is 5.82 Å². The monoisotopic (exact) mass is 440 g/mol. The molecule has 0 bridgehead atoms. The second-order valence-electron chi connectivity index (χ2n) is 6.43. The van der Waals surface area contributed by atoms with Crippen molar-refractivity contribution in [3.63, 3.8) is 0 Å². The van der Waals surface area contributed by atoms with E-state index in [2.05, 4.69) is 37.5 Å². The highest BCUT2D eigenvalue weighted by Crippen LogP contribution is 2.17. The summed E-state index contributed by atoms with van der Waals surface area (Å²) in [6.07, 6.45) is 1.66. The smallest absolute Gasteiger partial charge is 0.309 e. The number of para-hydroxylation sites is 1. The average molecular weight is 441 g/mol. The van der Waals surface area contributed by atoms with Crippen LogP contribution in [0, 0.1) is 6.92 Å². The normalized spacial score (nSPS) is 11.4. The molecule has 0 unspecified atom stereocenters. The highest BCUT2D eigenvalue weighted by molar-refractivity contribution is 9.10. The van der Waals surface area contributed by atoms with Crippen molar-refractivity contribution in [1.82, 2.24) is 28.7 Å². The summed E-state index contributed by atoms with van der Waals surface area (Å²) in [7, 11) is 1.59. The van der Waals surface area contributed by atoms with Crippen molar-refractivity contribution in [3.05, 3.63) is 74.0 Å². The molecule has 0 fully saturated rings. The molecule has 0 radical (unpaired) electrons. The quantitative estimate of drug-likeness (QED) is 0.358. The Morgan fingerprint density at radius 2 is 1.89 bits per heavy atom. The number of nitrogens with zero attached hydrogens (tertiary/aromatic N) is 6. The number of hydrogen-bond donors (Lipinski definition) is 0. The van der Waals surface area contributed by atoms with E-state index in [-0.39, 0.29) is 6.54 Å². The van der Waals surface area contributed by atoms with Crippen LogP contribution in [0.5, 0.6) is 0 Å². The van der Waals surface area contributed by atoms with E-state index in [1.165, 1.54) is 4.57 Å². The number of allylic oxidation sites excluding steroid dienone is 1. The predicted octanol–water partition coefficient (Wildman–Crippen LogP) is 2.15. The Balaban J connectivity index is 1.94. The molecule has 9 heteroatoms. The molecular formula is C19H17BrN6O2. The van der Waals surface area contributed by atoms with Gasteiger partial charge in [-0.05, 0) is 28.9 Å². The minimum atomic E-state index is -0.470. The molecule has 0 atom stereocenters. The lowest BCUT2D eigenvalue weighted by atomic mass is 10.2. The van der Waals surface area contributed by atoms with Crippen LogP contribution in [0.1, 0.15) is 11.5 Å². The molecule has 3 aromatic heterocycles. The summed E-state index contributed by atoms with van der Waals surface area (Å²) in [4.78, 5) is 39.3. The van der Waals surface area contributed by atoms with Crippen LogP contribution in [-0.2, 0) is 20.1 Å². The van der Waals surface area contributed by atoms with Gasteiger partial charge < -0.3 is 4.57 Å². The Bertz CT molecular complexity index is 1370. The molecule has 28 heavy (non-hydrogen) atoms. The second-order valence-corrected chi connectivity index (χ2v) is 7.14. The maximum Gasteiger partial charge on any atom is 0.332 e. The Labute approximate surface area is 167 Å². The molecule has 0 aliphatic heterocycles. The van der Waals surface area contributed by atoms with Crippen molar-refractivity contribution < 1.29 is 0 Å². The molecule has 0 saturated carbocycles. The number of hydrogen-bond acceptors (Lipinski definition) is 5. The van der Waals surface area contributed by atoms with Crippen LogP contribution in [0.2, 0.25) is 0 Å². The highest BCUT2D eigenvalue weighted by atomic mass is 79.9. The van der Waals surface area contributed by atoms with Crippen LogP contribution in [0.4, 0.5) is 0 Å². The summed E-state index contributed by atoms with van der Waals surface area (Å²) in [6, 6.07) is 7.64. The van der Waals surface area contributed by atoms with E-state index >= 15 is 0 Å². The zero-order chi connectivity index (χ0) is 20.0. The van der Waals surface area contributed by atoms with Crippen molar-refractivity contribution in [2.75, 3.05) is 0 Å². The first-order valence-corrected chi connectivity index (χ1v) is 9.40. The van der Waals surface area contributed by atoms with Gasteiger partial charge in [-0.25, -0.2) is 19.7 Å². The first kappa shape index (κ1) is 18.3. The van der Waals surface area contributed by atoms with Gasteiger partial charge in [0, 0.05) is 24.7 Å². The largest absolute Gasteiger partial charge is 0.332 e. The van der Waals surface area contributed by atoms with E-state index in [0.717, 1.165) is 21.2 Å². The minimum absolute atomic E-state index is 0.0238. The molecule has 1 aromatic carbocycles. The van der Waals surface area contributed by atoms with Crippen LogP contribution in [0.15, 0.2) is 51.2 Å². The van der Waals surface area contributed by atoms with Gasteiger partial charge in [-0.3, -0.25) is 13.9 Å². The maximum atomic E-state index is 13.1. The average Bonchev–Trinajstić information content (AvgIpc) is 3.01. The molecular weight excluding hydrogens is 424 g/mol. The van der Waals surface area contributed by atoms with Gasteiger partial charge in [-0.15, -0.1) is 6.58 Å². The summed E-state index contributed by atoms with van der Waals surface area (Å²) in [5, 5.41) is 0.940. The lowest BCUT2D eigenvalue weighted by Crippen LogP contribution is -2.40. The number of aromatic nitrogens is 6. The highest BCUT2D eigenvalue weighted by Gasteiger charge is 2.19. The lowest BCUT2D eigenvalue weighted by molar-refractivity contribution is 0.633. The third kappa shape index (κ3) is 2.78. The van der Waals surface area contributed by atoms with E-state index in [1.54, 1.807) is 17.7 Å². The molecule has 3 heterocycles. The number of halogens is 1. The predicted molar refractivity (Wildman–Crippen MR) is 111 cm³/mol. The minimum Gasteiger partial charge on any atom is -0.309 e. The molecule has 8 nitrogen and oxygen atoms in total. The Hall–Kier alpha value is -3.07. The number of rotatable bonds is 4. The summed E-state index contributed by atoms with van der Waals surface area (Å²) < 4.78 is 4.63. The number of benzene rings is 1. The van der Waals surface area contributed by atoms with Crippen LogP contribution < -0.4 is 11.2 Å². The number of fused-ring (bicyclic) bond motifs is 2. The van der Waals surface area contributed by atoms with Gasteiger partial charge in [0.2, 0.25) is 0 Å². The van der Waals surface area contributed by atoms with Crippen LogP contribution in [0.3, 0.4) is 0 Å². The van der Waals surface area contributed by atoms with E-state index < -0.39 is 11.2 Å². The summed E-state index contributed by atoms with van der Waals surface area (Å²) in [5.41, 5.74) is 1.30. The van der Waals surface area contributed by atoms with E-state index in [9.17, 15) is 9.59 Å². The van der Waals surface area contributed by atoms with Gasteiger partial charge in [0.15, 0.2) is 15.9 Å². The Kier molecular flexibility index (Phi) is 4.46. The van der Waals surface area contributed by atoms with Gasteiger partial charge >= 0.3 is 5.69 Å². The summed E-state index contributed by atoms with van der Waals surface area (Å²) in [6.45, 7) is 5.96. The van der Waals surface area contributed by atoms with Crippen LogP contribution in [0.25, 0.3) is 22.1 Å². The van der Waals surface area contributed by atoms with Gasteiger partial charge in [-0.1, -0.05) is 24.3 Å². The molecule has 0 N–H and O–H groups in total. The number of aryl methyl sites for hydroxylation is 2. The standard InChI is InChI=1S/C19H17BrN6O2/c1-4-9-25-15-16(23-18(25)20)24(3)19(28)26(17(15)27)10-14-21-11(2)12-7-5-6-8-13(12)22-14/h4-8H,1,9-10H2,2-3H3. The molecule has 0 amide bonds. The van der Waals surface area contributed by atoms with E-state index in [4.69, 9.17) is 0 Å². The van der Waals surface area contributed by atoms with Crippen LogP contribution in [-0.4, -0.2) is 28.7 Å². The van der Waals surface area contributed by atoms with Gasteiger partial charge in [0.25, 0.3) is 5.56 Å². The third-order valence-corrected chi connectivity index (χ3v) is 5.24. The van der Waals surface area contributed by atoms with Crippen molar-refractivity contribution >= 4 is 38.0 Å². The van der Waals surface area contributed by atoms with Gasteiger partial charge in [0.05, 0.1) is 12.1 Å². The van der Waals surface area contributed by atoms with Crippen molar-refractivity contribution in [2.24, 2.45) is 7.05 Å². The SMILES string of the molecule is C=CCn1c(Br)nc2c1c(=O)n(Cc1nc(C)c3ccccc3n1)c(=O)n2C. The second kappa shape index (κ2) is 6.83. The Morgan fingerprint density at radius 1 is 1.14 bits per heavy atom. The Morgan fingerprint density at radius 3 is 2.64 bits per heavy atom. The molecule has 0 aliphatic rings. The van der Waals surface area contributed by atoms with Crippen molar-refractivity contribution in [2.45, 2.75) is 20.0 Å². The maximum absolute atomic E-state index is 13.1. The molecule has 4 aromatic rings. The molecule has 142 valence electrons. The zero-order valence-electron chi connectivity index (χ0n) is 15.4. The summed E-state index contributed by atoms with van der Waals surface area (Å²) in [5.74, 6) is 0.406. The topological polar surface area (TPSA) is 87.6 Å². The fraction of sp³-hybridized carbons (Fsp3) is 0.211. The molecule has 4 rings (SSSR count). The molecule has 0 aliphatic carbocycles. The van der Waals surface area contributed by atoms with Crippen molar-refractivity contribution in [3.8, 4) is 0 Å². The first-order valence-electron chi connectivity index (χ1n) is 8.61. The fourth-order valence-corrected chi connectivity index (χ4v) is 3.78. The van der Waals surface area contributed by atoms with Gasteiger partial charge in [-0.2, -0.15) is 0 Å². The molecule has 0 saturated heterocycles. The zero-order valence-corrected chi connectivity index (χ0v) is 17.0. The first-order chi connectivity index (χ1) is 13.4. The fourth-order valence-electron chi connectivity index (χ4n) is 3.29. The van der Waals surface area contributed by atoms with Crippen molar-refractivity contribution in [1.29, 1.82) is 0 Å². The number of imidazole rings is 1. The van der Waals surface area contributed by atoms with E-state index in [1.807, 2.05) is 31.2 Å². The lowest BCUT2D eigenvalue weighted by Gasteiger charge is -2.10. The molecule has 0 spiro atoms. The van der Waals surface area contributed by atoms with E-state index in [0.29, 0.717) is 28.3 Å². The third-order valence-electron chi connectivity index (χ3n) is 4.64. The summed E-state index contributed by atoms with van der Waals surface area (Å²) >= 11 is 3.35. The van der Waals surface area contributed by atoms with Crippen LogP contribution >= 0.6 is 15.9 Å².